The van der Waals surface area contributed by atoms with E-state index < -0.39 is 21.5 Å². The minimum Gasteiger partial charge on any atom is -0.396 e. The van der Waals surface area contributed by atoms with Crippen molar-refractivity contribution in [3.05, 3.63) is 18.3 Å². The minimum absolute atomic E-state index is 0.0501. The number of carbonyl (C=O) groups excluding carboxylic acids is 1. The summed E-state index contributed by atoms with van der Waals surface area (Å²) in [6.07, 6.45) is 1.33. The molecule has 1 aromatic heterocycles. The second kappa shape index (κ2) is 5.81. The molecule has 1 heterocycles. The van der Waals surface area contributed by atoms with Crippen LogP contribution in [-0.4, -0.2) is 31.6 Å². The molecule has 0 saturated carbocycles. The number of nitrogens with one attached hydrogen (secondary N) is 1. The van der Waals surface area contributed by atoms with Crippen LogP contribution in [-0.2, 0) is 14.6 Å². The highest BCUT2D eigenvalue weighted by Gasteiger charge is 2.22. The summed E-state index contributed by atoms with van der Waals surface area (Å²) in [6.45, 7) is 4.28. The summed E-state index contributed by atoms with van der Waals surface area (Å²) in [7, 11) is -3.79. The van der Waals surface area contributed by atoms with Gasteiger partial charge in [-0.15, -0.1) is 0 Å². The average molecular weight is 271 g/mol. The van der Waals surface area contributed by atoms with Gasteiger partial charge in [0.1, 0.15) is 5.75 Å². The van der Waals surface area contributed by atoms with E-state index in [-0.39, 0.29) is 16.6 Å². The number of nitrogen functional groups attached to an aromatic ring is 1. The Morgan fingerprint density at radius 1 is 1.50 bits per heavy atom. The van der Waals surface area contributed by atoms with Crippen molar-refractivity contribution in [2.24, 2.45) is 5.92 Å². The minimum atomic E-state index is -3.79. The summed E-state index contributed by atoms with van der Waals surface area (Å²) in [6, 6.07) is 2.97. The zero-order valence-electron chi connectivity index (χ0n) is 10.4. The third-order valence-corrected chi connectivity index (χ3v) is 3.70. The number of hydrogen-bond donors (Lipinski definition) is 2. The molecular weight excluding hydrogens is 254 g/mol. The lowest BCUT2D eigenvalue weighted by atomic mass is 10.2. The first-order valence-electron chi connectivity index (χ1n) is 5.53. The summed E-state index contributed by atoms with van der Waals surface area (Å²) in [5.41, 5.74) is 5.58. The van der Waals surface area contributed by atoms with Gasteiger partial charge in [0, 0.05) is 12.7 Å². The van der Waals surface area contributed by atoms with E-state index in [0.717, 1.165) is 0 Å². The highest BCUT2D eigenvalue weighted by Crippen LogP contribution is 2.15. The van der Waals surface area contributed by atoms with Crippen LogP contribution >= 0.6 is 0 Å². The summed E-state index contributed by atoms with van der Waals surface area (Å²) in [5.74, 6) is -0.925. The average Bonchev–Trinajstić information content (AvgIpc) is 2.26. The van der Waals surface area contributed by atoms with Crippen molar-refractivity contribution in [1.82, 2.24) is 10.3 Å². The molecule has 6 nitrogen and oxygen atoms in total. The van der Waals surface area contributed by atoms with Gasteiger partial charge in [0.05, 0.1) is 5.69 Å². The number of hydrogen-bond acceptors (Lipinski definition) is 5. The highest BCUT2D eigenvalue weighted by molar-refractivity contribution is 7.92. The molecule has 0 unspecified atom stereocenters. The van der Waals surface area contributed by atoms with Gasteiger partial charge in [0.2, 0.25) is 15.7 Å². The number of anilines is 1. The van der Waals surface area contributed by atoms with Gasteiger partial charge in [-0.25, -0.2) is 13.4 Å². The molecule has 0 atom stereocenters. The molecule has 7 heteroatoms. The first-order valence-corrected chi connectivity index (χ1v) is 7.18. The van der Waals surface area contributed by atoms with E-state index in [1.165, 1.54) is 18.3 Å². The van der Waals surface area contributed by atoms with E-state index in [2.05, 4.69) is 10.3 Å². The lowest BCUT2D eigenvalue weighted by Gasteiger charge is -2.08. The van der Waals surface area contributed by atoms with Crippen LogP contribution in [0.15, 0.2) is 23.4 Å². The van der Waals surface area contributed by atoms with Crippen LogP contribution in [0.3, 0.4) is 0 Å². The Morgan fingerprint density at radius 3 is 2.72 bits per heavy atom. The monoisotopic (exact) mass is 271 g/mol. The molecule has 0 aliphatic heterocycles. The van der Waals surface area contributed by atoms with Crippen LogP contribution in [0, 0.1) is 5.92 Å². The first kappa shape index (κ1) is 14.4. The van der Waals surface area contributed by atoms with Crippen molar-refractivity contribution in [2.75, 3.05) is 18.0 Å². The second-order valence-corrected chi connectivity index (χ2v) is 6.26. The normalized spacial score (nSPS) is 11.5. The van der Waals surface area contributed by atoms with Crippen molar-refractivity contribution in [2.45, 2.75) is 18.9 Å². The van der Waals surface area contributed by atoms with Crippen LogP contribution in [0.25, 0.3) is 0 Å². The molecule has 0 bridgehead atoms. The number of sulfone groups is 1. The van der Waals surface area contributed by atoms with E-state index in [9.17, 15) is 13.2 Å². The predicted octanol–water partition coefficient (Wildman–Crippen LogP) is 0.210. The van der Waals surface area contributed by atoms with Gasteiger partial charge in [-0.1, -0.05) is 13.8 Å². The maximum Gasteiger partial charge on any atom is 0.235 e. The number of aromatic nitrogens is 1. The molecule has 0 saturated heterocycles. The molecule has 1 aromatic rings. The molecule has 18 heavy (non-hydrogen) atoms. The van der Waals surface area contributed by atoms with Crippen molar-refractivity contribution < 1.29 is 13.2 Å². The van der Waals surface area contributed by atoms with E-state index in [0.29, 0.717) is 6.54 Å². The molecule has 0 aromatic carbocycles. The molecule has 0 fully saturated rings. The van der Waals surface area contributed by atoms with Crippen molar-refractivity contribution in [1.29, 1.82) is 0 Å². The smallest absolute Gasteiger partial charge is 0.235 e. The summed E-state index contributed by atoms with van der Waals surface area (Å²) in [5, 5.41) is 2.30. The van der Waals surface area contributed by atoms with Crippen LogP contribution in [0.5, 0.6) is 0 Å². The second-order valence-electron chi connectivity index (χ2n) is 4.35. The lowest BCUT2D eigenvalue weighted by molar-refractivity contribution is -0.118. The zero-order valence-corrected chi connectivity index (χ0v) is 11.2. The van der Waals surface area contributed by atoms with Gasteiger partial charge in [0.25, 0.3) is 0 Å². The number of nitrogens with two attached hydrogens (primary N) is 1. The molecule has 1 rings (SSSR count). The Morgan fingerprint density at radius 2 is 2.17 bits per heavy atom. The standard InChI is InChI=1S/C11H17N3O3S/c1-8(2)6-14-10(15)7-18(16,17)11-9(12)4-3-5-13-11/h3-5,8H,6-7,12H2,1-2H3,(H,14,15). The molecule has 0 aliphatic rings. The molecule has 0 spiro atoms. The molecule has 100 valence electrons. The number of rotatable bonds is 5. The maximum atomic E-state index is 11.9. The quantitative estimate of drug-likeness (QED) is 0.797. The fourth-order valence-corrected chi connectivity index (χ4v) is 2.51. The Bertz CT molecular complexity index is 526. The van der Waals surface area contributed by atoms with Crippen molar-refractivity contribution in [3.8, 4) is 0 Å². The van der Waals surface area contributed by atoms with E-state index in [1.54, 1.807) is 0 Å². The summed E-state index contributed by atoms with van der Waals surface area (Å²) < 4.78 is 23.8. The number of carbonyl (C=O) groups is 1. The summed E-state index contributed by atoms with van der Waals surface area (Å²) in [4.78, 5) is 15.2. The molecule has 0 radical (unpaired) electrons. The first-order chi connectivity index (χ1) is 8.33. The molecule has 0 aliphatic carbocycles. The van der Waals surface area contributed by atoms with E-state index in [4.69, 9.17) is 5.73 Å². The zero-order chi connectivity index (χ0) is 13.8. The maximum absolute atomic E-state index is 11.9. The predicted molar refractivity (Wildman–Crippen MR) is 68.5 cm³/mol. The topological polar surface area (TPSA) is 102 Å². The number of amides is 1. The van der Waals surface area contributed by atoms with Crippen LogP contribution in [0.2, 0.25) is 0 Å². The molecule has 1 amide bonds. The van der Waals surface area contributed by atoms with E-state index >= 15 is 0 Å². The fraction of sp³-hybridized carbons (Fsp3) is 0.455. The van der Waals surface area contributed by atoms with Crippen molar-refractivity contribution >= 4 is 21.4 Å². The largest absolute Gasteiger partial charge is 0.396 e. The number of pyridine rings is 1. The molecular formula is C11H17N3O3S. The lowest BCUT2D eigenvalue weighted by Crippen LogP contribution is -2.33. The SMILES string of the molecule is CC(C)CNC(=O)CS(=O)(=O)c1ncccc1N. The highest BCUT2D eigenvalue weighted by atomic mass is 32.2. The third-order valence-electron chi connectivity index (χ3n) is 2.12. The summed E-state index contributed by atoms with van der Waals surface area (Å²) >= 11 is 0. The van der Waals surface area contributed by atoms with Gasteiger partial charge in [0.15, 0.2) is 5.03 Å². The van der Waals surface area contributed by atoms with Crippen molar-refractivity contribution in [3.63, 3.8) is 0 Å². The Hall–Kier alpha value is -1.63. The van der Waals surface area contributed by atoms with Crippen LogP contribution < -0.4 is 11.1 Å². The van der Waals surface area contributed by atoms with Gasteiger partial charge < -0.3 is 11.1 Å². The molecule has 3 N–H and O–H groups in total. The number of nitrogens with zero attached hydrogens (tertiary/aromatic N) is 1. The van der Waals surface area contributed by atoms with Gasteiger partial charge >= 0.3 is 0 Å². The Balaban J connectivity index is 2.77. The van der Waals surface area contributed by atoms with Crippen LogP contribution in [0.4, 0.5) is 5.69 Å². The van der Waals surface area contributed by atoms with E-state index in [1.807, 2.05) is 13.8 Å². The van der Waals surface area contributed by atoms with Crippen LogP contribution in [0.1, 0.15) is 13.8 Å². The van der Waals surface area contributed by atoms with Gasteiger partial charge in [-0.2, -0.15) is 0 Å². The Labute approximate surface area is 107 Å². The van der Waals surface area contributed by atoms with Gasteiger partial charge in [-0.05, 0) is 18.1 Å². The van der Waals surface area contributed by atoms with Gasteiger partial charge in [-0.3, -0.25) is 4.79 Å². The fourth-order valence-electron chi connectivity index (χ4n) is 1.27. The Kier molecular flexibility index (Phi) is 4.66. The third kappa shape index (κ3) is 3.99.